The Morgan fingerprint density at radius 1 is 0.935 bits per heavy atom. The molecule has 2 aromatic carbocycles. The van der Waals surface area contributed by atoms with E-state index < -0.39 is 0 Å². The van der Waals surface area contributed by atoms with Crippen molar-refractivity contribution in [2.75, 3.05) is 26.2 Å². The largest absolute Gasteiger partial charge is 0.339 e. The molecule has 2 aliphatic heterocycles. The molecule has 0 N–H and O–H groups in total. The van der Waals surface area contributed by atoms with Crippen LogP contribution in [0.4, 0.5) is 0 Å². The van der Waals surface area contributed by atoms with E-state index in [1.807, 2.05) is 30.3 Å². The minimum absolute atomic E-state index is 0.143. The number of piperidine rings is 1. The molecule has 0 atom stereocenters. The molecule has 2 saturated heterocycles. The van der Waals surface area contributed by atoms with Gasteiger partial charge in [0.25, 0.3) is 5.91 Å². The van der Waals surface area contributed by atoms with Crippen LogP contribution in [0.3, 0.4) is 0 Å². The van der Waals surface area contributed by atoms with Gasteiger partial charge in [0.05, 0.1) is 16.8 Å². The smallest absolute Gasteiger partial charge is 0.254 e. The van der Waals surface area contributed by atoms with E-state index in [2.05, 4.69) is 41.8 Å². The first-order valence-corrected chi connectivity index (χ1v) is 11.6. The van der Waals surface area contributed by atoms with Crippen LogP contribution in [0.1, 0.15) is 47.2 Å². The van der Waals surface area contributed by atoms with Gasteiger partial charge in [-0.25, -0.2) is 4.98 Å². The van der Waals surface area contributed by atoms with E-state index in [0.717, 1.165) is 53.7 Å². The van der Waals surface area contributed by atoms with Gasteiger partial charge in [-0.2, -0.15) is 0 Å². The van der Waals surface area contributed by atoms with Crippen molar-refractivity contribution in [1.29, 1.82) is 0 Å². The molecule has 31 heavy (non-hydrogen) atoms. The van der Waals surface area contributed by atoms with Crippen molar-refractivity contribution in [1.82, 2.24) is 14.8 Å². The van der Waals surface area contributed by atoms with Crippen molar-refractivity contribution in [2.45, 2.75) is 45.6 Å². The minimum Gasteiger partial charge on any atom is -0.339 e. The summed E-state index contributed by atoms with van der Waals surface area (Å²) >= 11 is 0. The molecule has 0 aliphatic carbocycles. The van der Waals surface area contributed by atoms with Gasteiger partial charge in [0.15, 0.2) is 0 Å². The topological polar surface area (TPSA) is 36.4 Å². The summed E-state index contributed by atoms with van der Waals surface area (Å²) < 4.78 is 0. The number of rotatable bonds is 3. The van der Waals surface area contributed by atoms with E-state index in [-0.39, 0.29) is 5.91 Å². The maximum Gasteiger partial charge on any atom is 0.254 e. The maximum absolute atomic E-state index is 13.6. The summed E-state index contributed by atoms with van der Waals surface area (Å²) in [5, 5.41) is 0.947. The van der Waals surface area contributed by atoms with E-state index in [9.17, 15) is 4.79 Å². The summed E-state index contributed by atoms with van der Waals surface area (Å²) in [6, 6.07) is 17.1. The number of carbonyl (C=O) groups excluding carboxylic acids is 1. The molecule has 0 unspecified atom stereocenters. The molecule has 1 amide bonds. The number of hydrogen-bond acceptors (Lipinski definition) is 3. The second kappa shape index (κ2) is 8.43. The first-order chi connectivity index (χ1) is 15.1. The van der Waals surface area contributed by atoms with Crippen molar-refractivity contribution < 1.29 is 4.79 Å². The zero-order valence-corrected chi connectivity index (χ0v) is 18.6. The summed E-state index contributed by atoms with van der Waals surface area (Å²) in [7, 11) is 0. The first kappa shape index (κ1) is 20.2. The van der Waals surface area contributed by atoms with Gasteiger partial charge < -0.3 is 9.80 Å². The Labute approximate surface area is 184 Å². The molecule has 3 aromatic rings. The number of amides is 1. The second-order valence-corrected chi connectivity index (χ2v) is 9.16. The monoisotopic (exact) mass is 413 g/mol. The number of nitrogens with zero attached hydrogens (tertiary/aromatic N) is 3. The van der Waals surface area contributed by atoms with Crippen LogP contribution in [-0.2, 0) is 0 Å². The van der Waals surface area contributed by atoms with Gasteiger partial charge in [0.2, 0.25) is 0 Å². The Morgan fingerprint density at radius 2 is 1.68 bits per heavy atom. The number of benzene rings is 2. The molecule has 4 nitrogen and oxygen atoms in total. The third-order valence-electron chi connectivity index (χ3n) is 7.01. The number of aromatic nitrogens is 1. The minimum atomic E-state index is 0.143. The molecule has 0 spiro atoms. The summed E-state index contributed by atoms with van der Waals surface area (Å²) in [5.74, 6) is 0.143. The Bertz CT molecular complexity index is 1110. The number of carbonyl (C=O) groups is 1. The van der Waals surface area contributed by atoms with Gasteiger partial charge in [-0.3, -0.25) is 4.79 Å². The molecule has 5 rings (SSSR count). The highest BCUT2D eigenvalue weighted by Gasteiger charge is 2.29. The van der Waals surface area contributed by atoms with Crippen molar-refractivity contribution in [3.8, 4) is 11.3 Å². The second-order valence-electron chi connectivity index (χ2n) is 9.16. The van der Waals surface area contributed by atoms with Gasteiger partial charge in [0.1, 0.15) is 0 Å². The van der Waals surface area contributed by atoms with Gasteiger partial charge in [-0.1, -0.05) is 42.0 Å². The molecule has 0 radical (unpaired) electrons. The highest BCUT2D eigenvalue weighted by atomic mass is 16.2. The highest BCUT2D eigenvalue weighted by Crippen LogP contribution is 2.29. The normalized spacial score (nSPS) is 18.1. The van der Waals surface area contributed by atoms with Crippen LogP contribution in [0.2, 0.25) is 0 Å². The SMILES string of the molecule is Cc1ccc(-c2cc(C(=O)N3CCC(N4CCCC4)CC3)c3ccccc3n2)c(C)c1. The average Bonchev–Trinajstić information content (AvgIpc) is 3.33. The van der Waals surface area contributed by atoms with Crippen LogP contribution in [-0.4, -0.2) is 52.9 Å². The molecule has 160 valence electrons. The number of likely N-dealkylation sites (tertiary alicyclic amines) is 2. The van der Waals surface area contributed by atoms with E-state index in [1.54, 1.807) is 0 Å². The Hall–Kier alpha value is -2.72. The molecule has 4 heteroatoms. The van der Waals surface area contributed by atoms with Crippen molar-refractivity contribution in [2.24, 2.45) is 0 Å². The van der Waals surface area contributed by atoms with Crippen molar-refractivity contribution in [3.63, 3.8) is 0 Å². The number of aryl methyl sites for hydroxylation is 2. The molecular weight excluding hydrogens is 382 g/mol. The van der Waals surface area contributed by atoms with E-state index in [1.165, 1.54) is 37.1 Å². The molecule has 0 saturated carbocycles. The fourth-order valence-corrected chi connectivity index (χ4v) is 5.30. The molecule has 2 fully saturated rings. The van der Waals surface area contributed by atoms with E-state index in [4.69, 9.17) is 4.98 Å². The van der Waals surface area contributed by atoms with Gasteiger partial charge in [0, 0.05) is 30.1 Å². The maximum atomic E-state index is 13.6. The first-order valence-electron chi connectivity index (χ1n) is 11.6. The van der Waals surface area contributed by atoms with Gasteiger partial charge in [-0.05, 0) is 70.3 Å². The Kier molecular flexibility index (Phi) is 5.49. The van der Waals surface area contributed by atoms with Crippen LogP contribution < -0.4 is 0 Å². The summed E-state index contributed by atoms with van der Waals surface area (Å²) in [4.78, 5) is 23.2. The lowest BCUT2D eigenvalue weighted by Crippen LogP contribution is -2.46. The number of pyridine rings is 1. The van der Waals surface area contributed by atoms with Crippen LogP contribution in [0.15, 0.2) is 48.5 Å². The van der Waals surface area contributed by atoms with E-state index >= 15 is 0 Å². The lowest BCUT2D eigenvalue weighted by Gasteiger charge is -2.36. The standard InChI is InChI=1S/C27H31N3O/c1-19-9-10-22(20(2)17-19)26-18-24(23-7-3-4-8-25(23)28-26)27(31)30-15-11-21(12-16-30)29-13-5-6-14-29/h3-4,7-10,17-18,21H,5-6,11-16H2,1-2H3. The average molecular weight is 414 g/mol. The number of hydrogen-bond donors (Lipinski definition) is 0. The van der Waals surface area contributed by atoms with Crippen molar-refractivity contribution in [3.05, 3.63) is 65.2 Å². The molecule has 2 aliphatic rings. The van der Waals surface area contributed by atoms with Crippen LogP contribution in [0.25, 0.3) is 22.2 Å². The third-order valence-corrected chi connectivity index (χ3v) is 7.01. The molecule has 3 heterocycles. The Balaban J connectivity index is 1.46. The molecule has 1 aromatic heterocycles. The fourth-order valence-electron chi connectivity index (χ4n) is 5.30. The fraction of sp³-hybridized carbons (Fsp3) is 0.407. The number of para-hydroxylation sites is 1. The highest BCUT2D eigenvalue weighted by molar-refractivity contribution is 6.07. The molecular formula is C27H31N3O. The quantitative estimate of drug-likeness (QED) is 0.591. The summed E-state index contributed by atoms with van der Waals surface area (Å²) in [5.41, 5.74) is 6.06. The number of fused-ring (bicyclic) bond motifs is 1. The molecule has 0 bridgehead atoms. The summed E-state index contributed by atoms with van der Waals surface area (Å²) in [6.45, 7) is 8.36. The van der Waals surface area contributed by atoms with Crippen molar-refractivity contribution >= 4 is 16.8 Å². The summed E-state index contributed by atoms with van der Waals surface area (Å²) in [6.07, 6.45) is 4.81. The lowest BCUT2D eigenvalue weighted by molar-refractivity contribution is 0.0646. The zero-order chi connectivity index (χ0) is 21.4. The third kappa shape index (κ3) is 3.97. The van der Waals surface area contributed by atoms with Crippen LogP contribution in [0, 0.1) is 13.8 Å². The van der Waals surface area contributed by atoms with Crippen LogP contribution >= 0.6 is 0 Å². The zero-order valence-electron chi connectivity index (χ0n) is 18.6. The predicted octanol–water partition coefficient (Wildman–Crippen LogP) is 5.22. The van der Waals surface area contributed by atoms with Crippen LogP contribution in [0.5, 0.6) is 0 Å². The van der Waals surface area contributed by atoms with Gasteiger partial charge >= 0.3 is 0 Å². The van der Waals surface area contributed by atoms with Gasteiger partial charge in [-0.15, -0.1) is 0 Å². The Morgan fingerprint density at radius 3 is 2.42 bits per heavy atom. The lowest BCUT2D eigenvalue weighted by atomic mass is 9.98. The van der Waals surface area contributed by atoms with E-state index in [0.29, 0.717) is 6.04 Å². The predicted molar refractivity (Wildman–Crippen MR) is 126 cm³/mol.